The number of carboxylic acids is 1. The molecule has 4 nitrogen and oxygen atoms in total. The Morgan fingerprint density at radius 3 is 2.47 bits per heavy atom. The summed E-state index contributed by atoms with van der Waals surface area (Å²) in [5.74, 6) is -1.16. The van der Waals surface area contributed by atoms with Crippen LogP contribution in [0.1, 0.15) is 64.0 Å². The fourth-order valence-electron chi connectivity index (χ4n) is 4.34. The highest BCUT2D eigenvalue weighted by Gasteiger charge is 2.36. The molecule has 1 saturated carbocycles. The van der Waals surface area contributed by atoms with Crippen LogP contribution < -0.4 is 4.74 Å². The Labute approximate surface area is 183 Å². The van der Waals surface area contributed by atoms with Crippen molar-refractivity contribution in [2.24, 2.45) is 0 Å². The summed E-state index contributed by atoms with van der Waals surface area (Å²) in [5.41, 5.74) is 1.19. The number of ether oxygens (including phenoxy) is 1. The molecule has 166 valence electrons. The third-order valence-electron chi connectivity index (χ3n) is 5.86. The molecule has 0 radical (unpaired) electrons. The van der Waals surface area contributed by atoms with Crippen molar-refractivity contribution in [2.45, 2.75) is 43.9 Å². The molecule has 2 atom stereocenters. The van der Waals surface area contributed by atoms with Gasteiger partial charge in [0.1, 0.15) is 18.1 Å². The average Bonchev–Trinajstić information content (AvgIpc) is 3.27. The predicted octanol–water partition coefficient (Wildman–Crippen LogP) is 6.43. The molecule has 2 aromatic carbocycles. The SMILES string of the molecule is O=C(O)c1cccc(C2CCCC2c2cc(C(F)(F)F)ccc2OCc2ccccc2)n1. The summed E-state index contributed by atoms with van der Waals surface area (Å²) in [4.78, 5) is 15.6. The molecule has 1 aliphatic carbocycles. The number of nitrogens with zero attached hydrogens (tertiary/aromatic N) is 1. The van der Waals surface area contributed by atoms with E-state index in [1.165, 1.54) is 18.2 Å². The van der Waals surface area contributed by atoms with Gasteiger partial charge in [-0.2, -0.15) is 13.2 Å². The molecule has 1 aromatic heterocycles. The van der Waals surface area contributed by atoms with E-state index >= 15 is 0 Å². The Morgan fingerprint density at radius 2 is 1.75 bits per heavy atom. The van der Waals surface area contributed by atoms with Gasteiger partial charge in [0.05, 0.1) is 5.56 Å². The van der Waals surface area contributed by atoms with Crippen LogP contribution in [0.25, 0.3) is 0 Å². The second kappa shape index (κ2) is 9.02. The van der Waals surface area contributed by atoms with Crippen molar-refractivity contribution in [2.75, 3.05) is 0 Å². The minimum atomic E-state index is -4.47. The minimum Gasteiger partial charge on any atom is -0.489 e. The first kappa shape index (κ1) is 21.9. The first-order chi connectivity index (χ1) is 15.3. The van der Waals surface area contributed by atoms with Crippen molar-refractivity contribution in [1.82, 2.24) is 4.98 Å². The highest BCUT2D eigenvalue weighted by Crippen LogP contribution is 2.49. The second-order valence-electron chi connectivity index (χ2n) is 7.92. The minimum absolute atomic E-state index is 0.0715. The molecule has 1 fully saturated rings. The van der Waals surface area contributed by atoms with E-state index < -0.39 is 17.7 Å². The highest BCUT2D eigenvalue weighted by molar-refractivity contribution is 5.85. The molecular weight excluding hydrogens is 419 g/mol. The molecule has 0 amide bonds. The van der Waals surface area contributed by atoms with Gasteiger partial charge in [0, 0.05) is 11.6 Å². The van der Waals surface area contributed by atoms with E-state index in [1.807, 2.05) is 30.3 Å². The molecule has 2 unspecified atom stereocenters. The standard InChI is InChI=1S/C25H22F3NO3/c26-25(27,28)17-12-13-23(32-15-16-6-2-1-3-7-16)20(14-17)18-8-4-9-19(18)21-10-5-11-22(29-21)24(30)31/h1-3,5-7,10-14,18-19H,4,8-9,15H2,(H,30,31). The van der Waals surface area contributed by atoms with Crippen LogP contribution in [0.5, 0.6) is 5.75 Å². The van der Waals surface area contributed by atoms with Gasteiger partial charge < -0.3 is 9.84 Å². The maximum atomic E-state index is 13.5. The Kier molecular flexibility index (Phi) is 6.17. The van der Waals surface area contributed by atoms with Crippen molar-refractivity contribution in [3.63, 3.8) is 0 Å². The Morgan fingerprint density at radius 1 is 1.00 bits per heavy atom. The van der Waals surface area contributed by atoms with Gasteiger partial charge in [0.2, 0.25) is 0 Å². The van der Waals surface area contributed by atoms with E-state index in [2.05, 4.69) is 4.98 Å². The summed E-state index contributed by atoms with van der Waals surface area (Å²) >= 11 is 0. The molecule has 1 N–H and O–H groups in total. The van der Waals surface area contributed by atoms with E-state index in [1.54, 1.807) is 12.1 Å². The predicted molar refractivity (Wildman–Crippen MR) is 113 cm³/mol. The first-order valence-electron chi connectivity index (χ1n) is 10.4. The number of hydrogen-bond donors (Lipinski definition) is 1. The average molecular weight is 441 g/mol. The molecular formula is C25H22F3NO3. The summed E-state index contributed by atoms with van der Waals surface area (Å²) in [6.45, 7) is 0.239. The number of aromatic nitrogens is 1. The molecule has 1 heterocycles. The summed E-state index contributed by atoms with van der Waals surface area (Å²) in [6, 6.07) is 17.8. The molecule has 0 aliphatic heterocycles. The number of halogens is 3. The quantitative estimate of drug-likeness (QED) is 0.479. The van der Waals surface area contributed by atoms with E-state index in [4.69, 9.17) is 4.74 Å². The van der Waals surface area contributed by atoms with Crippen LogP contribution in [0.4, 0.5) is 13.2 Å². The maximum Gasteiger partial charge on any atom is 0.416 e. The van der Waals surface area contributed by atoms with Crippen LogP contribution in [0.2, 0.25) is 0 Å². The van der Waals surface area contributed by atoms with Gasteiger partial charge in [-0.3, -0.25) is 0 Å². The zero-order valence-corrected chi connectivity index (χ0v) is 17.2. The molecule has 3 aromatic rings. The monoisotopic (exact) mass is 441 g/mol. The number of carboxylic acid groups (broad SMARTS) is 1. The van der Waals surface area contributed by atoms with Gasteiger partial charge >= 0.3 is 12.1 Å². The summed E-state index contributed by atoms with van der Waals surface area (Å²) in [6.07, 6.45) is -2.27. The fourth-order valence-corrected chi connectivity index (χ4v) is 4.34. The lowest BCUT2D eigenvalue weighted by Gasteiger charge is -2.24. The third-order valence-corrected chi connectivity index (χ3v) is 5.86. The van der Waals surface area contributed by atoms with Crippen molar-refractivity contribution in [3.05, 3.63) is 94.8 Å². The maximum absolute atomic E-state index is 13.5. The lowest BCUT2D eigenvalue weighted by atomic mass is 9.85. The molecule has 1 aliphatic rings. The first-order valence-corrected chi connectivity index (χ1v) is 10.4. The van der Waals surface area contributed by atoms with Crippen molar-refractivity contribution < 1.29 is 27.8 Å². The molecule has 7 heteroatoms. The number of rotatable bonds is 6. The summed E-state index contributed by atoms with van der Waals surface area (Å²) < 4.78 is 46.4. The van der Waals surface area contributed by atoms with Gasteiger partial charge in [-0.15, -0.1) is 0 Å². The van der Waals surface area contributed by atoms with Crippen LogP contribution in [-0.2, 0) is 12.8 Å². The number of aromatic carboxylic acids is 1. The number of benzene rings is 2. The second-order valence-corrected chi connectivity index (χ2v) is 7.92. The highest BCUT2D eigenvalue weighted by atomic mass is 19.4. The lowest BCUT2D eigenvalue weighted by molar-refractivity contribution is -0.137. The van der Waals surface area contributed by atoms with E-state index in [-0.39, 0.29) is 24.1 Å². The van der Waals surface area contributed by atoms with Gasteiger partial charge in [-0.05, 0) is 60.2 Å². The van der Waals surface area contributed by atoms with Crippen LogP contribution in [-0.4, -0.2) is 16.1 Å². The van der Waals surface area contributed by atoms with Crippen LogP contribution in [0.3, 0.4) is 0 Å². The largest absolute Gasteiger partial charge is 0.489 e. The van der Waals surface area contributed by atoms with Gasteiger partial charge in [0.15, 0.2) is 0 Å². The van der Waals surface area contributed by atoms with Gasteiger partial charge in [-0.1, -0.05) is 42.8 Å². The molecule has 32 heavy (non-hydrogen) atoms. The smallest absolute Gasteiger partial charge is 0.416 e. The zero-order valence-electron chi connectivity index (χ0n) is 17.2. The number of alkyl halides is 3. The molecule has 4 rings (SSSR count). The molecule has 0 saturated heterocycles. The van der Waals surface area contributed by atoms with Gasteiger partial charge in [-0.25, -0.2) is 9.78 Å². The fraction of sp³-hybridized carbons (Fsp3) is 0.280. The van der Waals surface area contributed by atoms with E-state index in [0.717, 1.165) is 24.5 Å². The number of carbonyl (C=O) groups is 1. The Bertz CT molecular complexity index is 1100. The number of hydrogen-bond acceptors (Lipinski definition) is 3. The zero-order chi connectivity index (χ0) is 22.7. The van der Waals surface area contributed by atoms with Crippen molar-refractivity contribution in [1.29, 1.82) is 0 Å². The topological polar surface area (TPSA) is 59.4 Å². The number of pyridine rings is 1. The van der Waals surface area contributed by atoms with Crippen LogP contribution in [0.15, 0.2) is 66.7 Å². The molecule has 0 bridgehead atoms. The van der Waals surface area contributed by atoms with Crippen LogP contribution >= 0.6 is 0 Å². The molecule has 0 spiro atoms. The lowest BCUT2D eigenvalue weighted by Crippen LogP contribution is -2.13. The normalized spacial score (nSPS) is 18.5. The summed E-state index contributed by atoms with van der Waals surface area (Å²) in [5, 5.41) is 9.28. The Hall–Kier alpha value is -3.35. The third kappa shape index (κ3) is 4.77. The van der Waals surface area contributed by atoms with Gasteiger partial charge in [0.25, 0.3) is 0 Å². The van der Waals surface area contributed by atoms with Crippen molar-refractivity contribution in [3.8, 4) is 5.75 Å². The Balaban J connectivity index is 1.70. The van der Waals surface area contributed by atoms with Crippen LogP contribution in [0, 0.1) is 0 Å². The van der Waals surface area contributed by atoms with E-state index in [0.29, 0.717) is 23.4 Å². The van der Waals surface area contributed by atoms with Crippen molar-refractivity contribution >= 4 is 5.97 Å². The van der Waals surface area contributed by atoms with E-state index in [9.17, 15) is 23.1 Å². The summed E-state index contributed by atoms with van der Waals surface area (Å²) in [7, 11) is 0.